The zero-order valence-corrected chi connectivity index (χ0v) is 20.3. The van der Waals surface area contributed by atoms with Gasteiger partial charge in [-0.25, -0.2) is 9.07 Å². The number of ether oxygens (including phenoxy) is 1. The van der Waals surface area contributed by atoms with E-state index in [4.69, 9.17) is 4.74 Å². The smallest absolute Gasteiger partial charge is 0.247 e. The molecule has 0 bridgehead atoms. The highest BCUT2D eigenvalue weighted by Crippen LogP contribution is 2.25. The molecule has 0 saturated carbocycles. The Kier molecular flexibility index (Phi) is 7.51. The zero-order chi connectivity index (χ0) is 25.6. The van der Waals surface area contributed by atoms with Crippen molar-refractivity contribution >= 4 is 22.8 Å². The normalized spacial score (nSPS) is 16.0. The molecule has 0 spiro atoms. The maximum atomic E-state index is 13.8. The van der Waals surface area contributed by atoms with Crippen molar-refractivity contribution in [1.29, 1.82) is 0 Å². The van der Waals surface area contributed by atoms with Crippen LogP contribution in [0.2, 0.25) is 0 Å². The molecule has 1 N–H and O–H groups in total. The minimum Gasteiger partial charge on any atom is -0.376 e. The number of para-hydroxylation sites is 1. The van der Waals surface area contributed by atoms with Crippen LogP contribution in [0, 0.1) is 5.82 Å². The van der Waals surface area contributed by atoms with Crippen LogP contribution in [0.5, 0.6) is 0 Å². The third kappa shape index (κ3) is 5.83. The van der Waals surface area contributed by atoms with E-state index < -0.39 is 6.04 Å². The van der Waals surface area contributed by atoms with Gasteiger partial charge in [0.05, 0.1) is 11.6 Å². The fourth-order valence-corrected chi connectivity index (χ4v) is 4.61. The molecular weight excluding hydrogens is 473 g/mol. The first-order chi connectivity index (χ1) is 18.1. The first-order valence-corrected chi connectivity index (χ1v) is 12.3. The van der Waals surface area contributed by atoms with E-state index in [1.54, 1.807) is 21.7 Å². The summed E-state index contributed by atoms with van der Waals surface area (Å²) in [4.78, 5) is 29.1. The number of carbonyl (C=O) groups excluding carboxylic acids is 2. The molecule has 9 heteroatoms. The molecule has 2 atom stereocenters. The number of hydrogen-bond donors (Lipinski definition) is 1. The van der Waals surface area contributed by atoms with E-state index in [0.29, 0.717) is 17.7 Å². The van der Waals surface area contributed by atoms with Gasteiger partial charge in [0, 0.05) is 19.7 Å². The van der Waals surface area contributed by atoms with Gasteiger partial charge < -0.3 is 15.0 Å². The molecule has 37 heavy (non-hydrogen) atoms. The number of fused-ring (bicyclic) bond motifs is 1. The molecule has 1 saturated heterocycles. The summed E-state index contributed by atoms with van der Waals surface area (Å²) in [5.74, 6) is -0.937. The molecule has 1 aliphatic rings. The number of halogens is 1. The molecule has 1 aromatic heterocycles. The zero-order valence-electron chi connectivity index (χ0n) is 20.3. The number of aromatic nitrogens is 3. The van der Waals surface area contributed by atoms with Crippen molar-refractivity contribution in [2.75, 3.05) is 13.2 Å². The molecular formula is C28H28FN5O3. The topological polar surface area (TPSA) is 89.4 Å². The van der Waals surface area contributed by atoms with Crippen molar-refractivity contribution < 1.29 is 18.7 Å². The van der Waals surface area contributed by atoms with Gasteiger partial charge in [0.2, 0.25) is 11.8 Å². The lowest BCUT2D eigenvalue weighted by Gasteiger charge is -2.33. The lowest BCUT2D eigenvalue weighted by molar-refractivity contribution is -0.143. The molecule has 0 unspecified atom stereocenters. The largest absolute Gasteiger partial charge is 0.376 e. The Morgan fingerprint density at radius 2 is 1.81 bits per heavy atom. The van der Waals surface area contributed by atoms with Crippen LogP contribution in [0.3, 0.4) is 0 Å². The Morgan fingerprint density at radius 3 is 2.57 bits per heavy atom. The summed E-state index contributed by atoms with van der Waals surface area (Å²) >= 11 is 0. The lowest BCUT2D eigenvalue weighted by atomic mass is 10.0. The SMILES string of the molecule is O=C(NCc1ccc(F)cc1)[C@@H](c1ccccc1)N(C[C@@H]1CCCO1)C(=O)Cn1nnc2ccccc21. The molecule has 5 rings (SSSR count). The van der Waals surface area contributed by atoms with Crippen molar-refractivity contribution in [2.24, 2.45) is 0 Å². The van der Waals surface area contributed by atoms with Gasteiger partial charge >= 0.3 is 0 Å². The average Bonchev–Trinajstić information content (AvgIpc) is 3.59. The van der Waals surface area contributed by atoms with E-state index in [-0.39, 0.29) is 43.4 Å². The van der Waals surface area contributed by atoms with Gasteiger partial charge in [-0.15, -0.1) is 5.10 Å². The number of nitrogens with one attached hydrogen (secondary N) is 1. The first kappa shape index (κ1) is 24.6. The second-order valence-corrected chi connectivity index (χ2v) is 9.07. The minimum absolute atomic E-state index is 0.0676. The molecule has 3 aromatic carbocycles. The van der Waals surface area contributed by atoms with Crippen molar-refractivity contribution in [2.45, 2.75) is 38.1 Å². The van der Waals surface area contributed by atoms with Crippen LogP contribution < -0.4 is 5.32 Å². The Morgan fingerprint density at radius 1 is 1.05 bits per heavy atom. The highest BCUT2D eigenvalue weighted by Gasteiger charge is 2.34. The fourth-order valence-electron chi connectivity index (χ4n) is 4.61. The highest BCUT2D eigenvalue weighted by atomic mass is 19.1. The molecule has 2 heterocycles. The van der Waals surface area contributed by atoms with E-state index in [9.17, 15) is 14.0 Å². The first-order valence-electron chi connectivity index (χ1n) is 12.3. The van der Waals surface area contributed by atoms with Gasteiger partial charge in [-0.05, 0) is 48.2 Å². The third-order valence-corrected chi connectivity index (χ3v) is 6.51. The van der Waals surface area contributed by atoms with Crippen LogP contribution in [-0.2, 0) is 27.4 Å². The van der Waals surface area contributed by atoms with Crippen LogP contribution in [0.15, 0.2) is 78.9 Å². The molecule has 1 fully saturated rings. The maximum absolute atomic E-state index is 13.8. The predicted octanol–water partition coefficient (Wildman–Crippen LogP) is 3.64. The number of amides is 2. The van der Waals surface area contributed by atoms with E-state index in [1.165, 1.54) is 12.1 Å². The second kappa shape index (κ2) is 11.3. The molecule has 4 aromatic rings. The quantitative estimate of drug-likeness (QED) is 0.378. The van der Waals surface area contributed by atoms with E-state index in [0.717, 1.165) is 23.9 Å². The minimum atomic E-state index is -0.881. The maximum Gasteiger partial charge on any atom is 0.247 e. The number of carbonyl (C=O) groups is 2. The van der Waals surface area contributed by atoms with Gasteiger partial charge in [0.1, 0.15) is 23.9 Å². The summed E-state index contributed by atoms with van der Waals surface area (Å²) in [7, 11) is 0. The van der Waals surface area contributed by atoms with Crippen molar-refractivity contribution in [1.82, 2.24) is 25.2 Å². The predicted molar refractivity (Wildman–Crippen MR) is 136 cm³/mol. The number of hydrogen-bond acceptors (Lipinski definition) is 5. The highest BCUT2D eigenvalue weighted by molar-refractivity contribution is 5.89. The molecule has 0 aliphatic carbocycles. The van der Waals surface area contributed by atoms with Gasteiger partial charge in [-0.2, -0.15) is 0 Å². The van der Waals surface area contributed by atoms with Gasteiger partial charge in [0.15, 0.2) is 0 Å². The molecule has 8 nitrogen and oxygen atoms in total. The van der Waals surface area contributed by atoms with Crippen LogP contribution in [-0.4, -0.2) is 51.0 Å². The summed E-state index contributed by atoms with van der Waals surface area (Å²) < 4.78 is 20.7. The van der Waals surface area contributed by atoms with Crippen LogP contribution in [0.1, 0.15) is 30.0 Å². The summed E-state index contributed by atoms with van der Waals surface area (Å²) in [5.41, 5.74) is 2.88. The summed E-state index contributed by atoms with van der Waals surface area (Å²) in [6.07, 6.45) is 1.56. The van der Waals surface area contributed by atoms with Crippen molar-refractivity contribution in [3.8, 4) is 0 Å². The summed E-state index contributed by atoms with van der Waals surface area (Å²) in [6, 6.07) is 21.7. The average molecular weight is 502 g/mol. The monoisotopic (exact) mass is 501 g/mol. The summed E-state index contributed by atoms with van der Waals surface area (Å²) in [5, 5.41) is 11.3. The van der Waals surface area contributed by atoms with Gasteiger partial charge in [-0.1, -0.05) is 59.8 Å². The van der Waals surface area contributed by atoms with Crippen LogP contribution in [0.25, 0.3) is 11.0 Å². The Bertz CT molecular complexity index is 1350. The molecule has 0 radical (unpaired) electrons. The number of benzene rings is 3. The van der Waals surface area contributed by atoms with E-state index >= 15 is 0 Å². The number of rotatable bonds is 9. The summed E-state index contributed by atoms with van der Waals surface area (Å²) in [6.45, 7) is 1.04. The molecule has 190 valence electrons. The van der Waals surface area contributed by atoms with Gasteiger partial charge in [0.25, 0.3) is 0 Å². The van der Waals surface area contributed by atoms with E-state index in [1.807, 2.05) is 54.6 Å². The molecule has 2 amide bonds. The Labute approximate surface area is 214 Å². The second-order valence-electron chi connectivity index (χ2n) is 9.07. The fraction of sp³-hybridized carbons (Fsp3) is 0.286. The number of nitrogens with zero attached hydrogens (tertiary/aromatic N) is 4. The van der Waals surface area contributed by atoms with Crippen molar-refractivity contribution in [3.05, 3.63) is 95.8 Å². The Balaban J connectivity index is 1.44. The van der Waals surface area contributed by atoms with Crippen LogP contribution >= 0.6 is 0 Å². The Hall–Kier alpha value is -4.11. The molecule has 1 aliphatic heterocycles. The van der Waals surface area contributed by atoms with Crippen molar-refractivity contribution in [3.63, 3.8) is 0 Å². The standard InChI is InChI=1S/C28H28FN5O3/c29-22-14-12-20(13-15-22)17-30-28(36)27(21-7-2-1-3-8-21)33(18-23-9-6-16-37-23)26(35)19-34-25-11-5-4-10-24(25)31-32-34/h1-5,7-8,10-15,23,27H,6,9,16-19H2,(H,30,36)/t23-,27+/m0/s1. The van der Waals surface area contributed by atoms with E-state index in [2.05, 4.69) is 15.6 Å². The van der Waals surface area contributed by atoms with Gasteiger partial charge in [-0.3, -0.25) is 9.59 Å². The van der Waals surface area contributed by atoms with Crippen LogP contribution in [0.4, 0.5) is 4.39 Å². The third-order valence-electron chi connectivity index (χ3n) is 6.51. The lowest BCUT2D eigenvalue weighted by Crippen LogP contribution is -2.47.